The maximum absolute atomic E-state index is 11.5. The van der Waals surface area contributed by atoms with Crippen LogP contribution in [0.15, 0.2) is 4.99 Å². The van der Waals surface area contributed by atoms with E-state index in [9.17, 15) is 9.59 Å². The van der Waals surface area contributed by atoms with Gasteiger partial charge in [0.15, 0.2) is 5.96 Å². The van der Waals surface area contributed by atoms with Crippen LogP contribution in [0.25, 0.3) is 0 Å². The van der Waals surface area contributed by atoms with Crippen LogP contribution in [0.2, 0.25) is 0 Å². The van der Waals surface area contributed by atoms with Crippen molar-refractivity contribution in [1.82, 2.24) is 20.9 Å². The predicted molar refractivity (Wildman–Crippen MR) is 86.4 cm³/mol. The largest absolute Gasteiger partial charge is 0.382 e. The van der Waals surface area contributed by atoms with Crippen LogP contribution >= 0.6 is 0 Å². The number of urea groups is 1. The number of ether oxygens (including phenoxy) is 2. The molecule has 1 aliphatic heterocycles. The SMILES string of the molecule is CCNC(=NCCCOCCOC)NCCN1C(=O)CNC1=O. The van der Waals surface area contributed by atoms with Crippen LogP contribution < -0.4 is 16.0 Å². The number of carbonyl (C=O) groups is 2. The van der Waals surface area contributed by atoms with Gasteiger partial charge in [0.2, 0.25) is 5.91 Å². The lowest BCUT2D eigenvalue weighted by Gasteiger charge is -2.15. The van der Waals surface area contributed by atoms with Crippen LogP contribution in [0, 0.1) is 0 Å². The Balaban J connectivity index is 2.21. The van der Waals surface area contributed by atoms with Gasteiger partial charge < -0.3 is 25.4 Å². The van der Waals surface area contributed by atoms with E-state index in [1.807, 2.05) is 6.92 Å². The van der Waals surface area contributed by atoms with Gasteiger partial charge in [0.25, 0.3) is 0 Å². The van der Waals surface area contributed by atoms with Gasteiger partial charge in [-0.2, -0.15) is 0 Å². The van der Waals surface area contributed by atoms with Crippen molar-refractivity contribution in [2.75, 3.05) is 59.7 Å². The van der Waals surface area contributed by atoms with Crippen LogP contribution in [0.4, 0.5) is 4.79 Å². The molecular weight excluding hydrogens is 302 g/mol. The lowest BCUT2D eigenvalue weighted by Crippen LogP contribution is -2.43. The van der Waals surface area contributed by atoms with Gasteiger partial charge >= 0.3 is 6.03 Å². The van der Waals surface area contributed by atoms with E-state index < -0.39 is 0 Å². The Morgan fingerprint density at radius 2 is 2.13 bits per heavy atom. The van der Waals surface area contributed by atoms with E-state index in [1.54, 1.807) is 7.11 Å². The molecule has 0 aromatic heterocycles. The highest BCUT2D eigenvalue weighted by Gasteiger charge is 2.27. The zero-order valence-corrected chi connectivity index (χ0v) is 13.9. The summed E-state index contributed by atoms with van der Waals surface area (Å²) in [5.74, 6) is 0.461. The van der Waals surface area contributed by atoms with Crippen molar-refractivity contribution in [1.29, 1.82) is 0 Å². The standard InChI is InChI=1S/C14H27N5O4/c1-3-15-13(16-5-4-8-23-10-9-22-2)17-6-7-19-12(20)11-18-14(19)21/h3-11H2,1-2H3,(H,18,21)(H2,15,16,17). The molecular formula is C14H27N5O4. The average molecular weight is 329 g/mol. The molecule has 132 valence electrons. The minimum atomic E-state index is -0.341. The van der Waals surface area contributed by atoms with Gasteiger partial charge in [0.05, 0.1) is 19.8 Å². The summed E-state index contributed by atoms with van der Waals surface area (Å²) in [7, 11) is 1.64. The van der Waals surface area contributed by atoms with Crippen molar-refractivity contribution in [3.8, 4) is 0 Å². The third-order valence-electron chi connectivity index (χ3n) is 3.06. The third kappa shape index (κ3) is 7.80. The Hall–Kier alpha value is -1.87. The Labute approximate surface area is 136 Å². The summed E-state index contributed by atoms with van der Waals surface area (Å²) >= 11 is 0. The van der Waals surface area contributed by atoms with Crippen LogP contribution in [-0.2, 0) is 14.3 Å². The van der Waals surface area contributed by atoms with E-state index >= 15 is 0 Å². The quantitative estimate of drug-likeness (QED) is 0.197. The summed E-state index contributed by atoms with van der Waals surface area (Å²) in [5.41, 5.74) is 0. The molecule has 0 unspecified atom stereocenters. The number of carbonyl (C=O) groups excluding carboxylic acids is 2. The number of imide groups is 1. The molecule has 1 aliphatic rings. The van der Waals surface area contributed by atoms with Crippen molar-refractivity contribution in [2.24, 2.45) is 4.99 Å². The zero-order valence-electron chi connectivity index (χ0n) is 13.9. The van der Waals surface area contributed by atoms with E-state index in [0.29, 0.717) is 45.4 Å². The Kier molecular flexibility index (Phi) is 9.73. The molecule has 0 atom stereocenters. The van der Waals surface area contributed by atoms with Gasteiger partial charge in [-0.05, 0) is 13.3 Å². The predicted octanol–water partition coefficient (Wildman–Crippen LogP) is -0.854. The van der Waals surface area contributed by atoms with Gasteiger partial charge in [-0.25, -0.2) is 4.79 Å². The fourth-order valence-corrected chi connectivity index (χ4v) is 1.91. The smallest absolute Gasteiger partial charge is 0.324 e. The summed E-state index contributed by atoms with van der Waals surface area (Å²) in [6.45, 7) is 6.00. The number of amides is 3. The van der Waals surface area contributed by atoms with Gasteiger partial charge in [-0.3, -0.25) is 14.7 Å². The van der Waals surface area contributed by atoms with Gasteiger partial charge in [-0.15, -0.1) is 0 Å². The molecule has 9 heteroatoms. The van der Waals surface area contributed by atoms with Crippen molar-refractivity contribution in [2.45, 2.75) is 13.3 Å². The van der Waals surface area contributed by atoms with Crippen molar-refractivity contribution in [3.63, 3.8) is 0 Å². The molecule has 0 spiro atoms. The van der Waals surface area contributed by atoms with E-state index in [2.05, 4.69) is 20.9 Å². The lowest BCUT2D eigenvalue weighted by molar-refractivity contribution is -0.124. The molecule has 0 aromatic rings. The van der Waals surface area contributed by atoms with Crippen molar-refractivity contribution in [3.05, 3.63) is 0 Å². The van der Waals surface area contributed by atoms with E-state index in [-0.39, 0.29) is 18.5 Å². The molecule has 0 bridgehead atoms. The maximum atomic E-state index is 11.5. The van der Waals surface area contributed by atoms with Gasteiger partial charge in [-0.1, -0.05) is 0 Å². The highest BCUT2D eigenvalue weighted by molar-refractivity contribution is 6.01. The summed E-state index contributed by atoms with van der Waals surface area (Å²) in [4.78, 5) is 28.5. The third-order valence-corrected chi connectivity index (χ3v) is 3.06. The highest BCUT2D eigenvalue weighted by Crippen LogP contribution is 1.96. The number of guanidine groups is 1. The topological polar surface area (TPSA) is 104 Å². The molecule has 9 nitrogen and oxygen atoms in total. The van der Waals surface area contributed by atoms with Crippen LogP contribution in [0.1, 0.15) is 13.3 Å². The molecule has 1 rings (SSSR count). The lowest BCUT2D eigenvalue weighted by atomic mass is 10.4. The summed E-state index contributed by atoms with van der Waals surface area (Å²) in [6.07, 6.45) is 0.813. The van der Waals surface area contributed by atoms with E-state index in [4.69, 9.17) is 9.47 Å². The molecule has 1 heterocycles. The van der Waals surface area contributed by atoms with E-state index in [0.717, 1.165) is 13.0 Å². The Morgan fingerprint density at radius 3 is 2.78 bits per heavy atom. The Morgan fingerprint density at radius 1 is 1.30 bits per heavy atom. The first-order valence-corrected chi connectivity index (χ1v) is 7.86. The number of methoxy groups -OCH3 is 1. The summed E-state index contributed by atoms with van der Waals surface area (Å²) in [5, 5.41) is 8.71. The number of aliphatic imine (C=N–C) groups is 1. The van der Waals surface area contributed by atoms with Crippen molar-refractivity contribution < 1.29 is 19.1 Å². The molecule has 3 N–H and O–H groups in total. The molecule has 0 saturated carbocycles. The molecule has 1 fully saturated rings. The van der Waals surface area contributed by atoms with Gasteiger partial charge in [0, 0.05) is 39.9 Å². The van der Waals surface area contributed by atoms with Gasteiger partial charge in [0.1, 0.15) is 0 Å². The second kappa shape index (κ2) is 11.7. The summed E-state index contributed by atoms with van der Waals surface area (Å²) in [6, 6.07) is -0.341. The minimum Gasteiger partial charge on any atom is -0.382 e. The van der Waals surface area contributed by atoms with Crippen LogP contribution in [-0.4, -0.2) is 82.5 Å². The average Bonchev–Trinajstić information content (AvgIpc) is 2.85. The van der Waals surface area contributed by atoms with E-state index in [1.165, 1.54) is 4.90 Å². The number of nitrogens with one attached hydrogen (secondary N) is 3. The molecule has 1 saturated heterocycles. The van der Waals surface area contributed by atoms with Crippen LogP contribution in [0.3, 0.4) is 0 Å². The zero-order chi connectivity index (χ0) is 16.9. The second-order valence-corrected chi connectivity index (χ2v) is 4.85. The number of nitrogens with zero attached hydrogens (tertiary/aromatic N) is 2. The van der Waals surface area contributed by atoms with Crippen LogP contribution in [0.5, 0.6) is 0 Å². The minimum absolute atomic E-state index is 0.0794. The molecule has 0 radical (unpaired) electrons. The van der Waals surface area contributed by atoms with Crippen molar-refractivity contribution >= 4 is 17.9 Å². The number of hydrogen-bond acceptors (Lipinski definition) is 5. The first kappa shape index (κ1) is 19.2. The first-order chi connectivity index (χ1) is 11.2. The number of rotatable bonds is 11. The normalized spacial score (nSPS) is 15.0. The molecule has 0 aliphatic carbocycles. The second-order valence-electron chi connectivity index (χ2n) is 4.85. The highest BCUT2D eigenvalue weighted by atomic mass is 16.5. The fraction of sp³-hybridized carbons (Fsp3) is 0.786. The maximum Gasteiger partial charge on any atom is 0.324 e. The fourth-order valence-electron chi connectivity index (χ4n) is 1.91. The monoisotopic (exact) mass is 329 g/mol. The molecule has 3 amide bonds. The molecule has 0 aromatic carbocycles. The Bertz CT molecular complexity index is 387. The first-order valence-electron chi connectivity index (χ1n) is 7.86. The number of hydrogen-bond donors (Lipinski definition) is 3. The summed E-state index contributed by atoms with van der Waals surface area (Å²) < 4.78 is 10.3. The molecule has 23 heavy (non-hydrogen) atoms.